The fourth-order valence-electron chi connectivity index (χ4n) is 1.90. The number of phenolic OH excluding ortho intramolecular Hbond substituents is 1. The quantitative estimate of drug-likeness (QED) is 0.771. The third kappa shape index (κ3) is 3.19. The highest BCUT2D eigenvalue weighted by Gasteiger charge is 2.02. The maximum absolute atomic E-state index is 9.70. The summed E-state index contributed by atoms with van der Waals surface area (Å²) < 4.78 is 0. The Bertz CT molecular complexity index is 578. The van der Waals surface area contributed by atoms with Gasteiger partial charge in [0.25, 0.3) is 0 Å². The fourth-order valence-corrected chi connectivity index (χ4v) is 1.90. The van der Waals surface area contributed by atoms with Crippen molar-refractivity contribution in [3.63, 3.8) is 0 Å². The monoisotopic (exact) mass is 254 g/mol. The molecule has 2 rings (SSSR count). The zero-order valence-corrected chi connectivity index (χ0v) is 11.5. The number of aryl methyl sites for hydroxylation is 3. The third-order valence-electron chi connectivity index (χ3n) is 3.10. The lowest BCUT2D eigenvalue weighted by molar-refractivity contribution is 0.467. The molecule has 0 bridgehead atoms. The minimum Gasteiger partial charge on any atom is -0.507 e. The van der Waals surface area contributed by atoms with Gasteiger partial charge in [-0.15, -0.1) is 0 Å². The standard InChI is InChI=1S/C16H18N2O/c1-4-13-5-7-14(8-6-13)17-18-15-9-11(2)16(19)12(3)10-15/h5-10,19H,4H2,1-3H3. The van der Waals surface area contributed by atoms with E-state index in [9.17, 15) is 5.11 Å². The number of benzene rings is 2. The minimum absolute atomic E-state index is 0.325. The SMILES string of the molecule is CCc1ccc(N=Nc2cc(C)c(O)c(C)c2)cc1. The summed E-state index contributed by atoms with van der Waals surface area (Å²) in [6, 6.07) is 11.7. The van der Waals surface area contributed by atoms with Crippen LogP contribution in [0, 0.1) is 13.8 Å². The molecule has 0 aliphatic rings. The number of nitrogens with zero attached hydrogens (tertiary/aromatic N) is 2. The first-order chi connectivity index (χ1) is 9.10. The molecule has 0 heterocycles. The van der Waals surface area contributed by atoms with E-state index in [-0.39, 0.29) is 0 Å². The van der Waals surface area contributed by atoms with Crippen molar-refractivity contribution in [2.75, 3.05) is 0 Å². The molecule has 3 nitrogen and oxygen atoms in total. The van der Waals surface area contributed by atoms with Gasteiger partial charge >= 0.3 is 0 Å². The first-order valence-electron chi connectivity index (χ1n) is 6.41. The molecule has 0 saturated carbocycles. The van der Waals surface area contributed by atoms with E-state index in [2.05, 4.69) is 29.3 Å². The van der Waals surface area contributed by atoms with Crippen molar-refractivity contribution in [1.29, 1.82) is 0 Å². The van der Waals surface area contributed by atoms with Gasteiger partial charge in [0.05, 0.1) is 11.4 Å². The lowest BCUT2D eigenvalue weighted by Crippen LogP contribution is -1.79. The van der Waals surface area contributed by atoms with Gasteiger partial charge in [0.2, 0.25) is 0 Å². The van der Waals surface area contributed by atoms with Crippen LogP contribution in [-0.2, 0) is 6.42 Å². The Morgan fingerprint density at radius 2 is 1.42 bits per heavy atom. The van der Waals surface area contributed by atoms with Gasteiger partial charge in [0, 0.05) is 0 Å². The van der Waals surface area contributed by atoms with E-state index in [0.29, 0.717) is 5.75 Å². The van der Waals surface area contributed by atoms with Crippen molar-refractivity contribution in [1.82, 2.24) is 0 Å². The van der Waals surface area contributed by atoms with Gasteiger partial charge in [0.15, 0.2) is 0 Å². The van der Waals surface area contributed by atoms with Crippen molar-refractivity contribution in [3.05, 3.63) is 53.1 Å². The van der Waals surface area contributed by atoms with Crippen LogP contribution in [0.1, 0.15) is 23.6 Å². The Hall–Kier alpha value is -2.16. The molecule has 1 N–H and O–H groups in total. The number of aromatic hydroxyl groups is 1. The van der Waals surface area contributed by atoms with Crippen molar-refractivity contribution in [3.8, 4) is 5.75 Å². The first kappa shape index (κ1) is 13.3. The molecule has 2 aromatic rings. The molecule has 19 heavy (non-hydrogen) atoms. The molecule has 0 radical (unpaired) electrons. The number of hydrogen-bond donors (Lipinski definition) is 1. The topological polar surface area (TPSA) is 45.0 Å². The van der Waals surface area contributed by atoms with E-state index in [1.54, 1.807) is 0 Å². The van der Waals surface area contributed by atoms with E-state index in [1.807, 2.05) is 38.1 Å². The molecule has 0 aliphatic carbocycles. The number of azo groups is 1. The maximum atomic E-state index is 9.70. The van der Waals surface area contributed by atoms with Gasteiger partial charge in [-0.05, 0) is 61.2 Å². The lowest BCUT2D eigenvalue weighted by Gasteiger charge is -2.03. The molecule has 0 amide bonds. The van der Waals surface area contributed by atoms with Gasteiger partial charge < -0.3 is 5.11 Å². The first-order valence-corrected chi connectivity index (χ1v) is 6.41. The van der Waals surface area contributed by atoms with Crippen molar-refractivity contribution < 1.29 is 5.11 Å². The molecule has 0 saturated heterocycles. The summed E-state index contributed by atoms with van der Waals surface area (Å²) in [4.78, 5) is 0. The summed E-state index contributed by atoms with van der Waals surface area (Å²) in [6.07, 6.45) is 1.02. The molecule has 0 fully saturated rings. The molecule has 0 aliphatic heterocycles. The minimum atomic E-state index is 0.325. The van der Waals surface area contributed by atoms with Gasteiger partial charge in [-0.25, -0.2) is 0 Å². The van der Waals surface area contributed by atoms with Gasteiger partial charge in [0.1, 0.15) is 5.75 Å². The van der Waals surface area contributed by atoms with Gasteiger partial charge in [-0.1, -0.05) is 19.1 Å². The van der Waals surface area contributed by atoms with E-state index in [0.717, 1.165) is 28.9 Å². The van der Waals surface area contributed by atoms with Crippen LogP contribution in [0.25, 0.3) is 0 Å². The van der Waals surface area contributed by atoms with Crippen LogP contribution in [0.15, 0.2) is 46.6 Å². The van der Waals surface area contributed by atoms with E-state index >= 15 is 0 Å². The molecule has 98 valence electrons. The maximum Gasteiger partial charge on any atom is 0.121 e. The summed E-state index contributed by atoms with van der Waals surface area (Å²) in [5, 5.41) is 18.1. The molecular formula is C16H18N2O. The zero-order chi connectivity index (χ0) is 13.8. The van der Waals surface area contributed by atoms with Crippen LogP contribution in [0.3, 0.4) is 0 Å². The highest BCUT2D eigenvalue weighted by Crippen LogP contribution is 2.28. The summed E-state index contributed by atoms with van der Waals surface area (Å²) in [6.45, 7) is 5.84. The summed E-state index contributed by atoms with van der Waals surface area (Å²) >= 11 is 0. The largest absolute Gasteiger partial charge is 0.507 e. The summed E-state index contributed by atoms with van der Waals surface area (Å²) in [7, 11) is 0. The Labute approximate surface area is 113 Å². The molecule has 0 spiro atoms. The number of hydrogen-bond acceptors (Lipinski definition) is 3. The smallest absolute Gasteiger partial charge is 0.121 e. The van der Waals surface area contributed by atoms with Crippen LogP contribution in [0.4, 0.5) is 11.4 Å². The Kier molecular flexibility index (Phi) is 3.95. The Morgan fingerprint density at radius 1 is 0.895 bits per heavy atom. The van der Waals surface area contributed by atoms with Crippen LogP contribution >= 0.6 is 0 Å². The lowest BCUT2D eigenvalue weighted by atomic mass is 10.1. The molecule has 3 heteroatoms. The highest BCUT2D eigenvalue weighted by molar-refractivity contribution is 5.51. The van der Waals surface area contributed by atoms with Crippen LogP contribution in [-0.4, -0.2) is 5.11 Å². The molecular weight excluding hydrogens is 236 g/mol. The molecule has 0 atom stereocenters. The fraction of sp³-hybridized carbons (Fsp3) is 0.250. The number of rotatable bonds is 3. The van der Waals surface area contributed by atoms with Crippen molar-refractivity contribution >= 4 is 11.4 Å². The average Bonchev–Trinajstić information content (AvgIpc) is 2.43. The van der Waals surface area contributed by atoms with E-state index in [4.69, 9.17) is 0 Å². The zero-order valence-electron chi connectivity index (χ0n) is 11.5. The Balaban J connectivity index is 2.22. The van der Waals surface area contributed by atoms with Gasteiger partial charge in [-0.3, -0.25) is 0 Å². The van der Waals surface area contributed by atoms with E-state index in [1.165, 1.54) is 5.56 Å². The van der Waals surface area contributed by atoms with E-state index < -0.39 is 0 Å². The van der Waals surface area contributed by atoms with Crippen LogP contribution in [0.5, 0.6) is 5.75 Å². The second-order valence-corrected chi connectivity index (χ2v) is 4.65. The normalized spacial score (nSPS) is 11.1. The second kappa shape index (κ2) is 5.65. The summed E-state index contributed by atoms with van der Waals surface area (Å²) in [5.74, 6) is 0.325. The molecule has 0 unspecified atom stereocenters. The van der Waals surface area contributed by atoms with Crippen molar-refractivity contribution in [2.24, 2.45) is 10.2 Å². The van der Waals surface area contributed by atoms with Crippen molar-refractivity contribution in [2.45, 2.75) is 27.2 Å². The predicted molar refractivity (Wildman–Crippen MR) is 77.6 cm³/mol. The molecule has 0 aromatic heterocycles. The Morgan fingerprint density at radius 3 is 1.95 bits per heavy atom. The van der Waals surface area contributed by atoms with Crippen LogP contribution in [0.2, 0.25) is 0 Å². The molecule has 2 aromatic carbocycles. The highest BCUT2D eigenvalue weighted by atomic mass is 16.3. The summed E-state index contributed by atoms with van der Waals surface area (Å²) in [5.41, 5.74) is 4.51. The average molecular weight is 254 g/mol. The second-order valence-electron chi connectivity index (χ2n) is 4.65. The van der Waals surface area contributed by atoms with Gasteiger partial charge in [-0.2, -0.15) is 10.2 Å². The number of phenols is 1. The third-order valence-corrected chi connectivity index (χ3v) is 3.10. The van der Waals surface area contributed by atoms with Crippen LogP contribution < -0.4 is 0 Å². The predicted octanol–water partition coefficient (Wildman–Crippen LogP) is 4.99.